The smallest absolute Gasteiger partial charge is 0.226 e. The Labute approximate surface area is 128 Å². The quantitative estimate of drug-likeness (QED) is 0.586. The number of rotatable bonds is 7. The van der Waals surface area contributed by atoms with E-state index in [0.717, 1.165) is 18.2 Å². The summed E-state index contributed by atoms with van der Waals surface area (Å²) in [6.45, 7) is 3.68. The van der Waals surface area contributed by atoms with E-state index >= 15 is 0 Å². The Bertz CT molecular complexity index is 461. The largest absolute Gasteiger partial charge is 0.326 e. The number of unbranched alkanes of at least 4 members (excludes halogenated alkanes) is 1. The third kappa shape index (κ3) is 6.19. The summed E-state index contributed by atoms with van der Waals surface area (Å²) in [6.07, 6.45) is 2.35. The molecular weight excluding hydrogens is 320 g/mol. The molecule has 2 amide bonds. The van der Waals surface area contributed by atoms with Crippen molar-refractivity contribution in [2.45, 2.75) is 33.1 Å². The van der Waals surface area contributed by atoms with E-state index < -0.39 is 0 Å². The standard InChI is InChI=1S/C15H21BrN2O2/c1-11(2)15(20)18-13-7-5-6-12(10-13)17-14(19)8-3-4-9-16/h5-7,10-11H,3-4,8-9H2,1-2H3,(H,17,19)(H,18,20). The average molecular weight is 341 g/mol. The molecule has 0 spiro atoms. The third-order valence-electron chi connectivity index (χ3n) is 2.73. The second-order valence-corrected chi connectivity index (χ2v) is 5.71. The molecule has 0 heterocycles. The molecule has 1 aromatic carbocycles. The lowest BCUT2D eigenvalue weighted by molar-refractivity contribution is -0.119. The van der Waals surface area contributed by atoms with Crippen LogP contribution in [0.1, 0.15) is 33.1 Å². The number of alkyl halides is 1. The van der Waals surface area contributed by atoms with Crippen LogP contribution in [-0.2, 0) is 9.59 Å². The molecule has 0 saturated heterocycles. The van der Waals surface area contributed by atoms with Crippen LogP contribution >= 0.6 is 15.9 Å². The molecule has 0 aliphatic rings. The lowest BCUT2D eigenvalue weighted by Crippen LogP contribution is -2.18. The fourth-order valence-electron chi connectivity index (χ4n) is 1.56. The molecule has 1 aromatic rings. The predicted octanol–water partition coefficient (Wildman–Crippen LogP) is 3.78. The summed E-state index contributed by atoms with van der Waals surface area (Å²) >= 11 is 3.34. The van der Waals surface area contributed by atoms with Crippen molar-refractivity contribution < 1.29 is 9.59 Å². The maximum Gasteiger partial charge on any atom is 0.226 e. The van der Waals surface area contributed by atoms with Crippen molar-refractivity contribution in [3.63, 3.8) is 0 Å². The van der Waals surface area contributed by atoms with Gasteiger partial charge in [-0.25, -0.2) is 0 Å². The van der Waals surface area contributed by atoms with E-state index in [9.17, 15) is 9.59 Å². The monoisotopic (exact) mass is 340 g/mol. The van der Waals surface area contributed by atoms with Crippen LogP contribution in [0.25, 0.3) is 0 Å². The van der Waals surface area contributed by atoms with Gasteiger partial charge in [-0.05, 0) is 31.0 Å². The minimum atomic E-state index is -0.0718. The van der Waals surface area contributed by atoms with Gasteiger partial charge in [0.25, 0.3) is 0 Å². The van der Waals surface area contributed by atoms with Gasteiger partial charge in [-0.2, -0.15) is 0 Å². The zero-order valence-corrected chi connectivity index (χ0v) is 13.5. The molecule has 20 heavy (non-hydrogen) atoms. The van der Waals surface area contributed by atoms with Gasteiger partial charge in [0.05, 0.1) is 0 Å². The zero-order chi connectivity index (χ0) is 15.0. The first-order valence-electron chi connectivity index (χ1n) is 6.79. The molecule has 0 radical (unpaired) electrons. The van der Waals surface area contributed by atoms with Crippen LogP contribution in [0.5, 0.6) is 0 Å². The van der Waals surface area contributed by atoms with E-state index in [1.54, 1.807) is 12.1 Å². The lowest BCUT2D eigenvalue weighted by atomic mass is 10.2. The van der Waals surface area contributed by atoms with Crippen LogP contribution in [0.4, 0.5) is 11.4 Å². The van der Waals surface area contributed by atoms with Gasteiger partial charge in [0, 0.05) is 29.0 Å². The Morgan fingerprint density at radius 1 is 1.15 bits per heavy atom. The van der Waals surface area contributed by atoms with Crippen molar-refractivity contribution in [3.8, 4) is 0 Å². The molecule has 4 nitrogen and oxygen atoms in total. The highest BCUT2D eigenvalue weighted by atomic mass is 79.9. The highest BCUT2D eigenvalue weighted by Gasteiger charge is 2.08. The maximum atomic E-state index is 11.7. The van der Waals surface area contributed by atoms with Crippen LogP contribution in [-0.4, -0.2) is 17.1 Å². The number of amides is 2. The van der Waals surface area contributed by atoms with Gasteiger partial charge in [0.15, 0.2) is 0 Å². The molecule has 0 aliphatic heterocycles. The van der Waals surface area contributed by atoms with Gasteiger partial charge in [0.1, 0.15) is 0 Å². The van der Waals surface area contributed by atoms with E-state index in [1.165, 1.54) is 0 Å². The molecule has 0 aromatic heterocycles. The summed E-state index contributed by atoms with van der Waals surface area (Å²) in [4.78, 5) is 23.3. The molecule has 1 rings (SSSR count). The number of carbonyl (C=O) groups excluding carboxylic acids is 2. The van der Waals surface area contributed by atoms with Gasteiger partial charge < -0.3 is 10.6 Å². The number of hydrogen-bond donors (Lipinski definition) is 2. The highest BCUT2D eigenvalue weighted by Crippen LogP contribution is 2.16. The maximum absolute atomic E-state index is 11.7. The van der Waals surface area contributed by atoms with E-state index in [4.69, 9.17) is 0 Å². The first-order chi connectivity index (χ1) is 9.52. The molecule has 2 N–H and O–H groups in total. The molecule has 0 atom stereocenters. The second kappa shape index (κ2) is 8.74. The number of nitrogens with one attached hydrogen (secondary N) is 2. The predicted molar refractivity (Wildman–Crippen MR) is 86.2 cm³/mol. The zero-order valence-electron chi connectivity index (χ0n) is 11.9. The van der Waals surface area contributed by atoms with Crippen molar-refractivity contribution in [1.82, 2.24) is 0 Å². The first-order valence-corrected chi connectivity index (χ1v) is 7.92. The normalized spacial score (nSPS) is 10.4. The molecule has 110 valence electrons. The number of carbonyl (C=O) groups is 2. The summed E-state index contributed by atoms with van der Waals surface area (Å²) in [5.74, 6) is -0.110. The fourth-order valence-corrected chi connectivity index (χ4v) is 1.96. The fraction of sp³-hybridized carbons (Fsp3) is 0.467. The van der Waals surface area contributed by atoms with Crippen LogP contribution in [0.2, 0.25) is 0 Å². The summed E-state index contributed by atoms with van der Waals surface area (Å²) in [5, 5.41) is 6.56. The molecular formula is C15H21BrN2O2. The van der Waals surface area contributed by atoms with Crippen molar-refractivity contribution in [1.29, 1.82) is 0 Å². The number of hydrogen-bond acceptors (Lipinski definition) is 2. The van der Waals surface area contributed by atoms with Gasteiger partial charge in [-0.15, -0.1) is 0 Å². The summed E-state index contributed by atoms with van der Waals surface area (Å²) < 4.78 is 0. The van der Waals surface area contributed by atoms with Crippen LogP contribution in [0.3, 0.4) is 0 Å². The summed E-state index contributed by atoms with van der Waals surface area (Å²) in [6, 6.07) is 7.20. The molecule has 0 aliphatic carbocycles. The number of benzene rings is 1. The van der Waals surface area contributed by atoms with E-state index in [0.29, 0.717) is 17.8 Å². The Morgan fingerprint density at radius 2 is 1.80 bits per heavy atom. The second-order valence-electron chi connectivity index (χ2n) is 4.92. The Kier molecular flexibility index (Phi) is 7.30. The average Bonchev–Trinajstić information content (AvgIpc) is 2.39. The van der Waals surface area contributed by atoms with Gasteiger partial charge in [-0.1, -0.05) is 35.8 Å². The van der Waals surface area contributed by atoms with E-state index in [2.05, 4.69) is 26.6 Å². The van der Waals surface area contributed by atoms with Crippen LogP contribution in [0, 0.1) is 5.92 Å². The highest BCUT2D eigenvalue weighted by molar-refractivity contribution is 9.09. The van der Waals surface area contributed by atoms with Crippen LogP contribution in [0.15, 0.2) is 24.3 Å². The Morgan fingerprint density at radius 3 is 2.40 bits per heavy atom. The minimum Gasteiger partial charge on any atom is -0.326 e. The first kappa shape index (κ1) is 16.7. The van der Waals surface area contributed by atoms with Crippen molar-refractivity contribution in [2.24, 2.45) is 5.92 Å². The Hall–Kier alpha value is -1.36. The van der Waals surface area contributed by atoms with Crippen molar-refractivity contribution >= 4 is 39.1 Å². The molecule has 0 unspecified atom stereocenters. The summed E-state index contributed by atoms with van der Waals surface area (Å²) in [7, 11) is 0. The minimum absolute atomic E-state index is 0.00159. The van der Waals surface area contributed by atoms with Gasteiger partial charge >= 0.3 is 0 Å². The number of anilines is 2. The topological polar surface area (TPSA) is 58.2 Å². The van der Waals surface area contributed by atoms with Gasteiger partial charge in [0.2, 0.25) is 11.8 Å². The molecule has 0 saturated carbocycles. The van der Waals surface area contributed by atoms with Gasteiger partial charge in [-0.3, -0.25) is 9.59 Å². The third-order valence-corrected chi connectivity index (χ3v) is 3.29. The Balaban J connectivity index is 2.55. The van der Waals surface area contributed by atoms with Crippen molar-refractivity contribution in [2.75, 3.05) is 16.0 Å². The van der Waals surface area contributed by atoms with Crippen LogP contribution < -0.4 is 10.6 Å². The van der Waals surface area contributed by atoms with Crippen molar-refractivity contribution in [3.05, 3.63) is 24.3 Å². The van der Waals surface area contributed by atoms with E-state index in [1.807, 2.05) is 26.0 Å². The summed E-state index contributed by atoms with van der Waals surface area (Å²) in [5.41, 5.74) is 1.40. The molecule has 0 bridgehead atoms. The molecule has 0 fully saturated rings. The SMILES string of the molecule is CC(C)C(=O)Nc1cccc(NC(=O)CCCCBr)c1. The van der Waals surface area contributed by atoms with E-state index in [-0.39, 0.29) is 17.7 Å². The molecule has 5 heteroatoms. The number of halogens is 1. The lowest BCUT2D eigenvalue weighted by Gasteiger charge is -2.10.